The van der Waals surface area contributed by atoms with E-state index in [1.54, 1.807) is 6.92 Å². The van der Waals surface area contributed by atoms with E-state index in [1.807, 2.05) is 0 Å². The Morgan fingerprint density at radius 3 is 1.64 bits per heavy atom. The van der Waals surface area contributed by atoms with Gasteiger partial charge in [-0.3, -0.25) is 0 Å². The molecule has 0 saturated heterocycles. The molecule has 0 radical (unpaired) electrons. The molecule has 1 rings (SSSR count). The van der Waals surface area contributed by atoms with Crippen LogP contribution in [0.3, 0.4) is 0 Å². The van der Waals surface area contributed by atoms with Gasteiger partial charge in [0.25, 0.3) is 9.05 Å². The van der Waals surface area contributed by atoms with Crippen molar-refractivity contribution in [1.29, 1.82) is 0 Å². The van der Waals surface area contributed by atoms with Crippen LogP contribution in [0.25, 0.3) is 0 Å². The fourth-order valence-corrected chi connectivity index (χ4v) is 1.75. The average molecular weight is 251 g/mol. The Morgan fingerprint density at radius 1 is 1.00 bits per heavy atom. The summed E-state index contributed by atoms with van der Waals surface area (Å²) in [6.45, 7) is 1.60. The summed E-state index contributed by atoms with van der Waals surface area (Å²) in [4.78, 5) is -1.41. The predicted octanol–water partition coefficient (Wildman–Crippen LogP) is 5.56. The molecule has 0 aliphatic rings. The standard InChI is InChI=1S/C7H7ClF4S.CH4/c1-6-2-4-7(5-3-6)13(8,9,10,11)12;/h2-5H,1H3;1H4. The van der Waals surface area contributed by atoms with E-state index in [-0.39, 0.29) is 7.43 Å². The van der Waals surface area contributed by atoms with E-state index >= 15 is 0 Å². The highest BCUT2D eigenvalue weighted by molar-refractivity contribution is 8.65. The Morgan fingerprint density at radius 2 is 1.36 bits per heavy atom. The van der Waals surface area contributed by atoms with E-state index in [2.05, 4.69) is 10.7 Å². The highest BCUT2D eigenvalue weighted by atomic mass is 35.7. The highest BCUT2D eigenvalue weighted by Crippen LogP contribution is 3.04. The van der Waals surface area contributed by atoms with Crippen molar-refractivity contribution in [2.45, 2.75) is 19.2 Å². The molecule has 0 fully saturated rings. The topological polar surface area (TPSA) is 0 Å². The summed E-state index contributed by atoms with van der Waals surface area (Å²) in [5.41, 5.74) is 0.613. The van der Waals surface area contributed by atoms with E-state index in [0.717, 1.165) is 12.1 Å². The fraction of sp³-hybridized carbons (Fsp3) is 0.250. The minimum atomic E-state index is -8.48. The van der Waals surface area contributed by atoms with Crippen molar-refractivity contribution in [1.82, 2.24) is 0 Å². The van der Waals surface area contributed by atoms with Crippen LogP contribution in [0.2, 0.25) is 0 Å². The van der Waals surface area contributed by atoms with Gasteiger partial charge in [0, 0.05) is 10.7 Å². The summed E-state index contributed by atoms with van der Waals surface area (Å²) in [7, 11) is -4.41. The Balaban J connectivity index is 0.00000169. The predicted molar refractivity (Wildman–Crippen MR) is 54.1 cm³/mol. The summed E-state index contributed by atoms with van der Waals surface area (Å²) in [5, 5.41) is 0. The minimum absolute atomic E-state index is 0. The molecule has 1 aromatic carbocycles. The molecule has 0 unspecified atom stereocenters. The molecule has 0 amide bonds. The zero-order chi connectivity index (χ0) is 10.4. The Hall–Kier alpha value is -0.420. The molecule has 0 aliphatic carbocycles. The number of hydrogen-bond acceptors (Lipinski definition) is 0. The zero-order valence-electron chi connectivity index (χ0n) is 6.61. The number of benzene rings is 1. The van der Waals surface area contributed by atoms with Crippen molar-refractivity contribution in [3.05, 3.63) is 29.8 Å². The van der Waals surface area contributed by atoms with Crippen molar-refractivity contribution in [2.24, 2.45) is 0 Å². The SMILES string of the molecule is C.Cc1ccc(S(F)(F)(F)(F)Cl)cc1. The molecule has 84 valence electrons. The summed E-state index contributed by atoms with van der Waals surface area (Å²) in [6.07, 6.45) is 0. The molecule has 14 heavy (non-hydrogen) atoms. The normalized spacial score (nSPS) is 16.4. The van der Waals surface area contributed by atoms with Crippen LogP contribution in [0.4, 0.5) is 15.5 Å². The molecular formula is C8H11ClF4S. The van der Waals surface area contributed by atoms with Crippen LogP contribution in [0, 0.1) is 6.92 Å². The lowest BCUT2D eigenvalue weighted by Gasteiger charge is -2.42. The quantitative estimate of drug-likeness (QED) is 0.573. The third kappa shape index (κ3) is 3.38. The van der Waals surface area contributed by atoms with Crippen LogP contribution >= 0.6 is 19.7 Å². The first-order valence-corrected chi connectivity index (χ1v) is 6.17. The lowest BCUT2D eigenvalue weighted by molar-refractivity contribution is 0.480. The van der Waals surface area contributed by atoms with Crippen molar-refractivity contribution < 1.29 is 15.5 Å². The van der Waals surface area contributed by atoms with Gasteiger partial charge < -0.3 is 0 Å². The van der Waals surface area contributed by atoms with Crippen LogP contribution in [0.5, 0.6) is 0 Å². The van der Waals surface area contributed by atoms with Crippen LogP contribution in [-0.4, -0.2) is 0 Å². The Labute approximate surface area is 84.8 Å². The maximum Gasteiger partial charge on any atom is 0.253 e. The van der Waals surface area contributed by atoms with Gasteiger partial charge in [-0.25, -0.2) is 0 Å². The Bertz CT molecular complexity index is 325. The van der Waals surface area contributed by atoms with Gasteiger partial charge in [0.15, 0.2) is 0 Å². The molecular weight excluding hydrogens is 240 g/mol. The lowest BCUT2D eigenvalue weighted by Crippen LogP contribution is -2.03. The Kier molecular flexibility index (Phi) is 2.71. The summed E-state index contributed by atoms with van der Waals surface area (Å²) < 4.78 is 50.0. The van der Waals surface area contributed by atoms with Gasteiger partial charge in [0.2, 0.25) is 0 Å². The van der Waals surface area contributed by atoms with Crippen molar-refractivity contribution >= 4 is 19.7 Å². The number of halogens is 5. The van der Waals surface area contributed by atoms with Crippen LogP contribution in [-0.2, 0) is 0 Å². The van der Waals surface area contributed by atoms with Gasteiger partial charge in [0.05, 0.1) is 4.90 Å². The monoisotopic (exact) mass is 250 g/mol. The number of hydrogen-bond donors (Lipinski definition) is 0. The van der Waals surface area contributed by atoms with Gasteiger partial charge >= 0.3 is 0 Å². The highest BCUT2D eigenvalue weighted by Gasteiger charge is 2.62. The second-order valence-electron chi connectivity index (χ2n) is 2.78. The first-order valence-electron chi connectivity index (χ1n) is 3.30. The molecule has 6 heteroatoms. The van der Waals surface area contributed by atoms with Crippen molar-refractivity contribution in [3.8, 4) is 0 Å². The number of aryl methyl sites for hydroxylation is 1. The first-order chi connectivity index (χ1) is 5.49. The lowest BCUT2D eigenvalue weighted by atomic mass is 10.2. The van der Waals surface area contributed by atoms with Crippen LogP contribution in [0.15, 0.2) is 29.2 Å². The molecule has 0 aliphatic heterocycles. The van der Waals surface area contributed by atoms with Crippen molar-refractivity contribution in [3.63, 3.8) is 0 Å². The molecule has 0 heterocycles. The van der Waals surface area contributed by atoms with E-state index in [9.17, 15) is 15.5 Å². The minimum Gasteiger partial charge on any atom is -0.107 e. The largest absolute Gasteiger partial charge is 0.253 e. The summed E-state index contributed by atoms with van der Waals surface area (Å²) in [6, 6.07) is 3.61. The number of rotatable bonds is 1. The third-order valence-corrected chi connectivity index (χ3v) is 3.16. The molecule has 1 aromatic rings. The fourth-order valence-electron chi connectivity index (χ4n) is 0.795. The summed E-state index contributed by atoms with van der Waals surface area (Å²) >= 11 is 0. The van der Waals surface area contributed by atoms with Crippen LogP contribution in [0.1, 0.15) is 13.0 Å². The van der Waals surface area contributed by atoms with E-state index in [0.29, 0.717) is 17.7 Å². The summed E-state index contributed by atoms with van der Waals surface area (Å²) in [5.74, 6) is 0. The maximum absolute atomic E-state index is 12.5. The molecule has 0 saturated carbocycles. The molecule has 0 bridgehead atoms. The molecule has 0 atom stereocenters. The molecule has 0 N–H and O–H groups in total. The van der Waals surface area contributed by atoms with Gasteiger partial charge in [-0.05, 0) is 19.1 Å². The van der Waals surface area contributed by atoms with Crippen molar-refractivity contribution in [2.75, 3.05) is 0 Å². The molecule has 0 aromatic heterocycles. The van der Waals surface area contributed by atoms with E-state index in [1.165, 1.54) is 0 Å². The zero-order valence-corrected chi connectivity index (χ0v) is 8.18. The second kappa shape index (κ2) is 2.79. The van der Waals surface area contributed by atoms with Gasteiger partial charge in [-0.2, -0.15) is 0 Å². The van der Waals surface area contributed by atoms with Gasteiger partial charge in [0.1, 0.15) is 0 Å². The smallest absolute Gasteiger partial charge is 0.107 e. The molecule has 0 nitrogen and oxygen atoms in total. The van der Waals surface area contributed by atoms with Gasteiger partial charge in [-0.15, -0.1) is 15.5 Å². The average Bonchev–Trinajstić information content (AvgIpc) is 1.82. The van der Waals surface area contributed by atoms with E-state index < -0.39 is 13.9 Å². The van der Waals surface area contributed by atoms with E-state index in [4.69, 9.17) is 0 Å². The maximum atomic E-state index is 12.5. The third-order valence-electron chi connectivity index (χ3n) is 1.47. The molecule has 0 spiro atoms. The second-order valence-corrected chi connectivity index (χ2v) is 7.05. The van der Waals surface area contributed by atoms with Crippen LogP contribution < -0.4 is 0 Å². The first kappa shape index (κ1) is 13.6. The van der Waals surface area contributed by atoms with Gasteiger partial charge in [-0.1, -0.05) is 25.1 Å².